The van der Waals surface area contributed by atoms with E-state index in [0.29, 0.717) is 5.92 Å². The molecule has 1 aromatic rings. The van der Waals surface area contributed by atoms with Crippen molar-refractivity contribution in [2.24, 2.45) is 5.92 Å². The molecule has 1 heteroatoms. The smallest absolute Gasteiger partial charge is 0.00201 e. The lowest BCUT2D eigenvalue weighted by Crippen LogP contribution is -2.22. The van der Waals surface area contributed by atoms with Crippen molar-refractivity contribution in [2.45, 2.75) is 46.5 Å². The Hall–Kier alpha value is -0.820. The maximum atomic E-state index is 3.50. The predicted molar refractivity (Wildman–Crippen MR) is 76.5 cm³/mol. The van der Waals surface area contributed by atoms with Crippen LogP contribution in [0.1, 0.15) is 50.7 Å². The molecule has 0 fully saturated rings. The molecule has 0 aliphatic heterocycles. The van der Waals surface area contributed by atoms with E-state index in [0.717, 1.165) is 19.0 Å². The van der Waals surface area contributed by atoms with E-state index < -0.39 is 0 Å². The van der Waals surface area contributed by atoms with Crippen molar-refractivity contribution in [3.63, 3.8) is 0 Å². The van der Waals surface area contributed by atoms with Crippen LogP contribution in [0.3, 0.4) is 0 Å². The molecule has 1 atom stereocenters. The van der Waals surface area contributed by atoms with Crippen LogP contribution in [0.4, 0.5) is 0 Å². The summed E-state index contributed by atoms with van der Waals surface area (Å²) in [4.78, 5) is 0. The predicted octanol–water partition coefficient (Wildman–Crippen LogP) is 4.12. The molecule has 0 aromatic heterocycles. The summed E-state index contributed by atoms with van der Waals surface area (Å²) in [5.41, 5.74) is 2.95. The normalized spacial score (nSPS) is 13.0. The van der Waals surface area contributed by atoms with Gasteiger partial charge in [-0.05, 0) is 42.9 Å². The molecule has 0 aliphatic carbocycles. The zero-order valence-corrected chi connectivity index (χ0v) is 11.8. The third-order valence-corrected chi connectivity index (χ3v) is 3.36. The van der Waals surface area contributed by atoms with Crippen molar-refractivity contribution >= 4 is 0 Å². The summed E-state index contributed by atoms with van der Waals surface area (Å²) < 4.78 is 0. The number of hydrogen-bond acceptors (Lipinski definition) is 1. The highest BCUT2D eigenvalue weighted by atomic mass is 14.8. The first-order valence-electron chi connectivity index (χ1n) is 6.91. The van der Waals surface area contributed by atoms with Gasteiger partial charge in [-0.25, -0.2) is 0 Å². The van der Waals surface area contributed by atoms with Crippen molar-refractivity contribution in [1.29, 1.82) is 0 Å². The highest BCUT2D eigenvalue weighted by molar-refractivity contribution is 5.29. The van der Waals surface area contributed by atoms with Crippen molar-refractivity contribution in [1.82, 2.24) is 5.32 Å². The third-order valence-electron chi connectivity index (χ3n) is 3.36. The number of rotatable bonds is 7. The lowest BCUT2D eigenvalue weighted by molar-refractivity contribution is 0.479. The summed E-state index contributed by atoms with van der Waals surface area (Å²) in [7, 11) is 0. The minimum atomic E-state index is 0.665. The molecule has 1 N–H and O–H groups in total. The van der Waals surface area contributed by atoms with Gasteiger partial charge in [-0.2, -0.15) is 0 Å². The Morgan fingerprint density at radius 1 is 1.12 bits per heavy atom. The van der Waals surface area contributed by atoms with Gasteiger partial charge < -0.3 is 5.32 Å². The summed E-state index contributed by atoms with van der Waals surface area (Å²) >= 11 is 0. The van der Waals surface area contributed by atoms with Crippen LogP contribution in [-0.4, -0.2) is 13.1 Å². The number of likely N-dealkylation sites (N-methyl/N-ethyl adjacent to an activating group) is 1. The minimum absolute atomic E-state index is 0.665. The van der Waals surface area contributed by atoms with Crippen molar-refractivity contribution in [3.8, 4) is 0 Å². The summed E-state index contributed by atoms with van der Waals surface area (Å²) in [6, 6.07) is 8.81. The van der Waals surface area contributed by atoms with E-state index in [1.165, 1.54) is 24.0 Å². The Kier molecular flexibility index (Phi) is 6.28. The fourth-order valence-corrected chi connectivity index (χ4v) is 2.27. The lowest BCUT2D eigenvalue weighted by Gasteiger charge is -2.20. The highest BCUT2D eigenvalue weighted by Gasteiger charge is 2.13. The Balaban J connectivity index is 2.71. The van der Waals surface area contributed by atoms with Crippen molar-refractivity contribution in [3.05, 3.63) is 35.4 Å². The van der Waals surface area contributed by atoms with E-state index in [1.807, 2.05) is 0 Å². The van der Waals surface area contributed by atoms with Gasteiger partial charge in [0.15, 0.2) is 0 Å². The van der Waals surface area contributed by atoms with Crippen LogP contribution in [0.5, 0.6) is 0 Å². The first kappa shape index (κ1) is 14.2. The van der Waals surface area contributed by atoms with Crippen molar-refractivity contribution < 1.29 is 0 Å². The average molecular weight is 233 g/mol. The van der Waals surface area contributed by atoms with E-state index in [1.54, 1.807) is 0 Å². The molecule has 0 aliphatic rings. The van der Waals surface area contributed by atoms with Gasteiger partial charge in [-0.15, -0.1) is 0 Å². The Morgan fingerprint density at radius 3 is 2.41 bits per heavy atom. The molecule has 0 saturated carbocycles. The molecule has 0 bridgehead atoms. The quantitative estimate of drug-likeness (QED) is 0.747. The summed E-state index contributed by atoms with van der Waals surface area (Å²) in [5, 5.41) is 3.50. The molecular weight excluding hydrogens is 206 g/mol. The van der Waals surface area contributed by atoms with Gasteiger partial charge in [0.05, 0.1) is 0 Å². The molecule has 1 unspecified atom stereocenters. The van der Waals surface area contributed by atoms with E-state index in [9.17, 15) is 0 Å². The van der Waals surface area contributed by atoms with Crippen molar-refractivity contribution in [2.75, 3.05) is 13.1 Å². The maximum absolute atomic E-state index is 3.50. The van der Waals surface area contributed by atoms with E-state index >= 15 is 0 Å². The van der Waals surface area contributed by atoms with Crippen LogP contribution >= 0.6 is 0 Å². The molecule has 1 aromatic carbocycles. The molecule has 0 amide bonds. The number of aryl methyl sites for hydroxylation is 1. The van der Waals surface area contributed by atoms with Crippen LogP contribution in [0.15, 0.2) is 24.3 Å². The lowest BCUT2D eigenvalue weighted by atomic mass is 9.88. The van der Waals surface area contributed by atoms with Gasteiger partial charge in [0.1, 0.15) is 0 Å². The molecule has 96 valence electrons. The van der Waals surface area contributed by atoms with E-state index in [-0.39, 0.29) is 0 Å². The van der Waals surface area contributed by atoms with Gasteiger partial charge in [0.25, 0.3) is 0 Å². The summed E-state index contributed by atoms with van der Waals surface area (Å²) in [6.07, 6.45) is 2.60. The van der Waals surface area contributed by atoms with Gasteiger partial charge in [-0.1, -0.05) is 51.5 Å². The van der Waals surface area contributed by atoms with Crippen LogP contribution in [0.2, 0.25) is 0 Å². The number of benzene rings is 1. The van der Waals surface area contributed by atoms with Gasteiger partial charge >= 0.3 is 0 Å². The fourth-order valence-electron chi connectivity index (χ4n) is 2.27. The van der Waals surface area contributed by atoms with Crippen LogP contribution < -0.4 is 5.32 Å². The zero-order chi connectivity index (χ0) is 12.7. The number of hydrogen-bond donors (Lipinski definition) is 1. The second kappa shape index (κ2) is 7.50. The summed E-state index contributed by atoms with van der Waals surface area (Å²) in [5.74, 6) is 1.46. The molecule has 1 nitrogen and oxygen atoms in total. The first-order chi connectivity index (χ1) is 8.15. The third kappa shape index (κ3) is 4.91. The van der Waals surface area contributed by atoms with Gasteiger partial charge in [0.2, 0.25) is 0 Å². The molecule has 0 spiro atoms. The molecule has 17 heavy (non-hydrogen) atoms. The van der Waals surface area contributed by atoms with Crippen LogP contribution in [0, 0.1) is 12.8 Å². The monoisotopic (exact) mass is 233 g/mol. The Bertz CT molecular complexity index is 317. The maximum Gasteiger partial charge on any atom is 0.00201 e. The number of nitrogens with one attached hydrogen (secondary N) is 1. The average Bonchev–Trinajstić information content (AvgIpc) is 2.30. The topological polar surface area (TPSA) is 12.0 Å². The fraction of sp³-hybridized carbons (Fsp3) is 0.625. The molecule has 0 heterocycles. The van der Waals surface area contributed by atoms with Crippen LogP contribution in [-0.2, 0) is 0 Å². The second-order valence-electron chi connectivity index (χ2n) is 5.33. The SMILES string of the molecule is CCNCC(CCC(C)C)c1ccccc1C. The summed E-state index contributed by atoms with van der Waals surface area (Å²) in [6.45, 7) is 11.2. The molecule has 0 radical (unpaired) electrons. The highest BCUT2D eigenvalue weighted by Crippen LogP contribution is 2.25. The standard InChI is InChI=1S/C16H27N/c1-5-17-12-15(11-10-13(2)3)16-9-7-6-8-14(16)4/h6-9,13,15,17H,5,10-12H2,1-4H3. The molecule has 1 rings (SSSR count). The first-order valence-corrected chi connectivity index (χ1v) is 6.91. The second-order valence-corrected chi connectivity index (χ2v) is 5.33. The van der Waals surface area contributed by atoms with Gasteiger partial charge in [-0.3, -0.25) is 0 Å². The van der Waals surface area contributed by atoms with Gasteiger partial charge in [0, 0.05) is 6.54 Å². The molecule has 0 saturated heterocycles. The van der Waals surface area contributed by atoms with E-state index in [4.69, 9.17) is 0 Å². The largest absolute Gasteiger partial charge is 0.316 e. The Morgan fingerprint density at radius 2 is 1.82 bits per heavy atom. The zero-order valence-electron chi connectivity index (χ0n) is 11.8. The minimum Gasteiger partial charge on any atom is -0.316 e. The molecular formula is C16H27N. The van der Waals surface area contributed by atoms with E-state index in [2.05, 4.69) is 57.3 Å². The van der Waals surface area contributed by atoms with Crippen LogP contribution in [0.25, 0.3) is 0 Å². The Labute approximate surface area is 107 Å².